The number of aliphatic hydroxyl groups is 1. The minimum absolute atomic E-state index is 0.488. The molecule has 2 aliphatic rings. The van der Waals surface area contributed by atoms with Crippen LogP contribution in [0.5, 0.6) is 0 Å². The molecular weight excluding hydrogens is 222 g/mol. The van der Waals surface area contributed by atoms with Gasteiger partial charge in [-0.25, -0.2) is 0 Å². The van der Waals surface area contributed by atoms with E-state index in [1.807, 2.05) is 18.2 Å². The SMILES string of the molecule is C=Cc1ccc(C2(O)CC3CCCC(C2)N3)cc1. The molecule has 2 fully saturated rings. The van der Waals surface area contributed by atoms with E-state index >= 15 is 0 Å². The molecule has 0 spiro atoms. The van der Waals surface area contributed by atoms with Crippen LogP contribution in [-0.2, 0) is 5.60 Å². The number of rotatable bonds is 2. The number of nitrogens with one attached hydrogen (secondary N) is 1. The molecule has 0 aromatic heterocycles. The predicted octanol–water partition coefficient (Wildman–Crippen LogP) is 2.82. The van der Waals surface area contributed by atoms with Gasteiger partial charge in [-0.2, -0.15) is 0 Å². The molecule has 96 valence electrons. The van der Waals surface area contributed by atoms with Gasteiger partial charge >= 0.3 is 0 Å². The first-order chi connectivity index (χ1) is 8.69. The maximum absolute atomic E-state index is 10.9. The first-order valence-corrected chi connectivity index (χ1v) is 6.91. The van der Waals surface area contributed by atoms with Crippen molar-refractivity contribution in [2.75, 3.05) is 0 Å². The van der Waals surface area contributed by atoms with Gasteiger partial charge in [0.2, 0.25) is 0 Å². The third kappa shape index (κ3) is 2.11. The number of piperidine rings is 2. The number of fused-ring (bicyclic) bond motifs is 2. The zero-order valence-corrected chi connectivity index (χ0v) is 10.7. The second-order valence-corrected chi connectivity index (χ2v) is 5.76. The van der Waals surface area contributed by atoms with E-state index in [-0.39, 0.29) is 0 Å². The molecule has 2 aliphatic heterocycles. The molecule has 0 saturated carbocycles. The minimum atomic E-state index is -0.638. The van der Waals surface area contributed by atoms with Crippen LogP contribution in [0.15, 0.2) is 30.8 Å². The normalized spacial score (nSPS) is 35.2. The second kappa shape index (κ2) is 4.52. The van der Waals surface area contributed by atoms with E-state index in [2.05, 4.69) is 24.0 Å². The van der Waals surface area contributed by atoms with Gasteiger partial charge in [0, 0.05) is 12.1 Å². The summed E-state index contributed by atoms with van der Waals surface area (Å²) in [4.78, 5) is 0. The summed E-state index contributed by atoms with van der Waals surface area (Å²) in [6.07, 6.45) is 7.22. The van der Waals surface area contributed by atoms with Crippen molar-refractivity contribution in [3.05, 3.63) is 42.0 Å². The van der Waals surface area contributed by atoms with Crippen LogP contribution < -0.4 is 5.32 Å². The Morgan fingerprint density at radius 2 is 1.78 bits per heavy atom. The van der Waals surface area contributed by atoms with Crippen LogP contribution in [0.1, 0.15) is 43.2 Å². The Kier molecular flexibility index (Phi) is 3.00. The minimum Gasteiger partial charge on any atom is -0.385 e. The zero-order chi connectivity index (χ0) is 12.6. The van der Waals surface area contributed by atoms with Crippen molar-refractivity contribution < 1.29 is 5.11 Å². The summed E-state index contributed by atoms with van der Waals surface area (Å²) >= 11 is 0. The van der Waals surface area contributed by atoms with Crippen LogP contribution in [0.3, 0.4) is 0 Å². The summed E-state index contributed by atoms with van der Waals surface area (Å²) in [5.41, 5.74) is 1.53. The Morgan fingerprint density at radius 3 is 2.33 bits per heavy atom. The molecular formula is C16H21NO. The summed E-state index contributed by atoms with van der Waals surface area (Å²) in [7, 11) is 0. The highest BCUT2D eigenvalue weighted by Crippen LogP contribution is 2.39. The van der Waals surface area contributed by atoms with Crippen LogP contribution in [0.2, 0.25) is 0 Å². The number of benzene rings is 1. The first kappa shape index (κ1) is 11.9. The molecule has 3 rings (SSSR count). The molecule has 0 aliphatic carbocycles. The van der Waals surface area contributed by atoms with E-state index in [4.69, 9.17) is 0 Å². The van der Waals surface area contributed by atoms with Gasteiger partial charge in [-0.1, -0.05) is 43.3 Å². The monoisotopic (exact) mass is 243 g/mol. The highest BCUT2D eigenvalue weighted by molar-refractivity contribution is 5.47. The van der Waals surface area contributed by atoms with Crippen LogP contribution in [0.25, 0.3) is 6.08 Å². The quantitative estimate of drug-likeness (QED) is 0.837. The first-order valence-electron chi connectivity index (χ1n) is 6.91. The molecule has 2 heteroatoms. The molecule has 2 atom stereocenters. The molecule has 2 nitrogen and oxygen atoms in total. The fourth-order valence-electron chi connectivity index (χ4n) is 3.50. The number of hydrogen-bond donors (Lipinski definition) is 2. The number of hydrogen-bond acceptors (Lipinski definition) is 2. The van der Waals surface area contributed by atoms with Gasteiger partial charge in [-0.05, 0) is 36.8 Å². The van der Waals surface area contributed by atoms with Gasteiger partial charge in [0.05, 0.1) is 5.60 Å². The van der Waals surface area contributed by atoms with Crippen molar-refractivity contribution in [3.8, 4) is 0 Å². The van der Waals surface area contributed by atoms with E-state index in [0.29, 0.717) is 12.1 Å². The van der Waals surface area contributed by atoms with Crippen molar-refractivity contribution in [2.24, 2.45) is 0 Å². The lowest BCUT2D eigenvalue weighted by Gasteiger charge is -2.45. The molecule has 2 N–H and O–H groups in total. The fraction of sp³-hybridized carbons (Fsp3) is 0.500. The Labute approximate surface area is 109 Å². The lowest BCUT2D eigenvalue weighted by molar-refractivity contribution is -0.0358. The van der Waals surface area contributed by atoms with Crippen molar-refractivity contribution in [1.82, 2.24) is 5.32 Å². The van der Waals surface area contributed by atoms with Gasteiger partial charge in [0.1, 0.15) is 0 Å². The third-order valence-electron chi connectivity index (χ3n) is 4.43. The van der Waals surface area contributed by atoms with Crippen LogP contribution in [0, 0.1) is 0 Å². The third-order valence-corrected chi connectivity index (χ3v) is 4.43. The zero-order valence-electron chi connectivity index (χ0n) is 10.7. The highest BCUT2D eigenvalue weighted by atomic mass is 16.3. The van der Waals surface area contributed by atoms with Gasteiger partial charge < -0.3 is 10.4 Å². The van der Waals surface area contributed by atoms with Crippen molar-refractivity contribution >= 4 is 6.08 Å². The fourth-order valence-corrected chi connectivity index (χ4v) is 3.50. The van der Waals surface area contributed by atoms with Crippen LogP contribution >= 0.6 is 0 Å². The summed E-state index contributed by atoms with van der Waals surface area (Å²) in [5, 5.41) is 14.6. The van der Waals surface area contributed by atoms with E-state index < -0.39 is 5.60 Å². The molecule has 2 heterocycles. The van der Waals surface area contributed by atoms with Gasteiger partial charge in [0.25, 0.3) is 0 Å². The van der Waals surface area contributed by atoms with E-state index in [0.717, 1.165) is 24.0 Å². The Balaban J connectivity index is 1.86. The second-order valence-electron chi connectivity index (χ2n) is 5.76. The smallest absolute Gasteiger partial charge is 0.0926 e. The molecule has 0 amide bonds. The van der Waals surface area contributed by atoms with E-state index in [1.54, 1.807) is 0 Å². The molecule has 2 unspecified atom stereocenters. The van der Waals surface area contributed by atoms with E-state index in [9.17, 15) is 5.11 Å². The average molecular weight is 243 g/mol. The molecule has 2 saturated heterocycles. The average Bonchev–Trinajstić information content (AvgIpc) is 2.38. The van der Waals surface area contributed by atoms with Crippen molar-refractivity contribution in [1.29, 1.82) is 0 Å². The summed E-state index contributed by atoms with van der Waals surface area (Å²) in [6.45, 7) is 3.76. The Hall–Kier alpha value is -1.12. The van der Waals surface area contributed by atoms with Crippen molar-refractivity contribution in [3.63, 3.8) is 0 Å². The predicted molar refractivity (Wildman–Crippen MR) is 74.2 cm³/mol. The lowest BCUT2D eigenvalue weighted by atomic mass is 9.74. The summed E-state index contributed by atoms with van der Waals surface area (Å²) in [5.74, 6) is 0. The van der Waals surface area contributed by atoms with Gasteiger partial charge in [0.15, 0.2) is 0 Å². The standard InChI is InChI=1S/C16H21NO/c1-2-12-6-8-13(9-7-12)16(18)10-14-4-3-5-15(11-16)17-14/h2,6-9,14-15,17-18H,1,3-5,10-11H2. The summed E-state index contributed by atoms with van der Waals surface area (Å²) in [6, 6.07) is 9.16. The lowest BCUT2D eigenvalue weighted by Crippen LogP contribution is -2.54. The van der Waals surface area contributed by atoms with Gasteiger partial charge in [-0.3, -0.25) is 0 Å². The molecule has 0 radical (unpaired) electrons. The molecule has 18 heavy (non-hydrogen) atoms. The maximum Gasteiger partial charge on any atom is 0.0926 e. The van der Waals surface area contributed by atoms with Crippen molar-refractivity contribution in [2.45, 2.75) is 49.8 Å². The van der Waals surface area contributed by atoms with Gasteiger partial charge in [-0.15, -0.1) is 0 Å². The molecule has 1 aromatic rings. The van der Waals surface area contributed by atoms with Crippen LogP contribution in [0.4, 0.5) is 0 Å². The Morgan fingerprint density at radius 1 is 1.17 bits per heavy atom. The Bertz CT molecular complexity index is 425. The van der Waals surface area contributed by atoms with E-state index in [1.165, 1.54) is 19.3 Å². The summed E-state index contributed by atoms with van der Waals surface area (Å²) < 4.78 is 0. The molecule has 2 bridgehead atoms. The topological polar surface area (TPSA) is 32.3 Å². The van der Waals surface area contributed by atoms with Crippen LogP contribution in [-0.4, -0.2) is 17.2 Å². The maximum atomic E-state index is 10.9. The molecule has 1 aromatic carbocycles. The highest BCUT2D eigenvalue weighted by Gasteiger charge is 2.41. The largest absolute Gasteiger partial charge is 0.385 e.